The highest BCUT2D eigenvalue weighted by atomic mass is 35.5. The lowest BCUT2D eigenvalue weighted by atomic mass is 10.1. The minimum Gasteiger partial charge on any atom is -0.366 e. The summed E-state index contributed by atoms with van der Waals surface area (Å²) in [4.78, 5) is 7.28. The molecule has 0 aromatic carbocycles. The van der Waals surface area contributed by atoms with Crippen LogP contribution in [0.4, 0.5) is 10.2 Å². The Kier molecular flexibility index (Phi) is 4.44. The van der Waals surface area contributed by atoms with Crippen LogP contribution in [0, 0.1) is 5.82 Å². The van der Waals surface area contributed by atoms with Crippen LogP contribution < -0.4 is 10.6 Å². The van der Waals surface area contributed by atoms with Gasteiger partial charge < -0.3 is 10.6 Å². The zero-order chi connectivity index (χ0) is 12.2. The summed E-state index contributed by atoms with van der Waals surface area (Å²) in [5.41, 5.74) is 0.0452. The van der Waals surface area contributed by atoms with Crippen LogP contribution in [0.3, 0.4) is 0 Å². The summed E-state index contributed by atoms with van der Waals surface area (Å²) in [7, 11) is 0. The monoisotopic (exact) mass is 246 g/mol. The Hall–Kier alpha value is -0.940. The maximum absolute atomic E-state index is 13.2. The molecule has 0 aliphatic carbocycles. The van der Waals surface area contributed by atoms with Crippen molar-refractivity contribution in [2.75, 3.05) is 18.4 Å². The molecule has 1 rings (SSSR count). The zero-order valence-corrected chi connectivity index (χ0v) is 10.4. The second kappa shape index (κ2) is 5.41. The van der Waals surface area contributed by atoms with Crippen molar-refractivity contribution < 1.29 is 4.39 Å². The molecule has 0 radical (unpaired) electrons. The van der Waals surface area contributed by atoms with Crippen molar-refractivity contribution in [3.63, 3.8) is 0 Å². The maximum Gasteiger partial charge on any atom is 0.224 e. The molecule has 1 aromatic rings. The Bertz CT molecular complexity index is 351. The fourth-order valence-corrected chi connectivity index (χ4v) is 1.22. The lowest BCUT2D eigenvalue weighted by Gasteiger charge is -2.20. The van der Waals surface area contributed by atoms with Gasteiger partial charge in [-0.15, -0.1) is 0 Å². The third-order valence-electron chi connectivity index (χ3n) is 1.79. The van der Waals surface area contributed by atoms with Crippen LogP contribution in [0.1, 0.15) is 20.8 Å². The number of halogens is 2. The van der Waals surface area contributed by atoms with E-state index in [9.17, 15) is 4.39 Å². The van der Waals surface area contributed by atoms with Gasteiger partial charge >= 0.3 is 0 Å². The van der Waals surface area contributed by atoms with Crippen LogP contribution in [-0.2, 0) is 0 Å². The van der Waals surface area contributed by atoms with Crippen LogP contribution in [-0.4, -0.2) is 28.6 Å². The topological polar surface area (TPSA) is 49.8 Å². The van der Waals surface area contributed by atoms with Gasteiger partial charge in [0, 0.05) is 18.6 Å². The lowest BCUT2D eigenvalue weighted by Crippen LogP contribution is -2.38. The molecule has 0 amide bonds. The van der Waals surface area contributed by atoms with E-state index in [1.807, 2.05) is 0 Å². The number of rotatable bonds is 4. The highest BCUT2D eigenvalue weighted by molar-refractivity contribution is 6.28. The minimum atomic E-state index is -0.500. The van der Waals surface area contributed by atoms with E-state index in [-0.39, 0.29) is 16.6 Å². The molecule has 0 atom stereocenters. The van der Waals surface area contributed by atoms with E-state index in [1.54, 1.807) is 0 Å². The van der Waals surface area contributed by atoms with E-state index < -0.39 is 5.82 Å². The molecule has 0 aliphatic heterocycles. The fourth-order valence-electron chi connectivity index (χ4n) is 1.09. The van der Waals surface area contributed by atoms with Gasteiger partial charge in [-0.2, -0.15) is 4.98 Å². The highest BCUT2D eigenvalue weighted by Gasteiger charge is 2.08. The molecule has 0 bridgehead atoms. The molecule has 6 heteroatoms. The van der Waals surface area contributed by atoms with Crippen molar-refractivity contribution in [2.45, 2.75) is 26.3 Å². The SMILES string of the molecule is CC(C)(C)NCCNc1nc(Cl)ncc1F. The normalized spacial score (nSPS) is 11.6. The third kappa shape index (κ3) is 4.72. The van der Waals surface area contributed by atoms with E-state index in [1.165, 1.54) is 0 Å². The van der Waals surface area contributed by atoms with Crippen molar-refractivity contribution >= 4 is 17.4 Å². The van der Waals surface area contributed by atoms with Crippen molar-refractivity contribution in [2.24, 2.45) is 0 Å². The molecule has 90 valence electrons. The van der Waals surface area contributed by atoms with Gasteiger partial charge in [-0.25, -0.2) is 9.37 Å². The summed E-state index contributed by atoms with van der Waals surface area (Å²) >= 11 is 5.56. The molecule has 0 unspecified atom stereocenters. The van der Waals surface area contributed by atoms with Crippen LogP contribution >= 0.6 is 11.6 Å². The van der Waals surface area contributed by atoms with Gasteiger partial charge in [0.15, 0.2) is 11.6 Å². The first-order valence-electron chi connectivity index (χ1n) is 5.05. The lowest BCUT2D eigenvalue weighted by molar-refractivity contribution is 0.435. The van der Waals surface area contributed by atoms with Gasteiger partial charge in [-0.3, -0.25) is 0 Å². The Morgan fingerprint density at radius 2 is 2.06 bits per heavy atom. The van der Waals surface area contributed by atoms with Gasteiger partial charge in [0.2, 0.25) is 5.28 Å². The molecule has 16 heavy (non-hydrogen) atoms. The molecule has 1 aromatic heterocycles. The van der Waals surface area contributed by atoms with E-state index in [4.69, 9.17) is 11.6 Å². The van der Waals surface area contributed by atoms with Gasteiger partial charge in [0.25, 0.3) is 0 Å². The number of aromatic nitrogens is 2. The first-order valence-corrected chi connectivity index (χ1v) is 5.43. The van der Waals surface area contributed by atoms with Gasteiger partial charge in [0.1, 0.15) is 0 Å². The average Bonchev–Trinajstić information content (AvgIpc) is 2.16. The molecule has 0 saturated heterocycles. The summed E-state index contributed by atoms with van der Waals surface area (Å²) in [5, 5.41) is 6.15. The number of hydrogen-bond acceptors (Lipinski definition) is 4. The first kappa shape index (κ1) is 13.1. The number of anilines is 1. The molecule has 0 aliphatic rings. The van der Waals surface area contributed by atoms with Crippen molar-refractivity contribution in [3.05, 3.63) is 17.3 Å². The number of nitrogens with zero attached hydrogens (tertiary/aromatic N) is 2. The summed E-state index contributed by atoms with van der Waals surface area (Å²) in [6, 6.07) is 0. The summed E-state index contributed by atoms with van der Waals surface area (Å²) < 4.78 is 13.2. The molecule has 0 fully saturated rings. The van der Waals surface area contributed by atoms with Crippen LogP contribution in [0.25, 0.3) is 0 Å². The molecule has 0 spiro atoms. The summed E-state index contributed by atoms with van der Waals surface area (Å²) in [5.74, 6) is -0.365. The standard InChI is InChI=1S/C10H16ClFN4/c1-10(2,3)15-5-4-13-8-7(12)6-14-9(11)16-8/h6,15H,4-5H2,1-3H3,(H,13,14,16). The Labute approximate surface area is 99.6 Å². The van der Waals surface area contributed by atoms with E-state index in [2.05, 4.69) is 41.4 Å². The molecule has 2 N–H and O–H groups in total. The predicted molar refractivity (Wildman–Crippen MR) is 63.2 cm³/mol. The van der Waals surface area contributed by atoms with Gasteiger partial charge in [-0.1, -0.05) is 0 Å². The third-order valence-corrected chi connectivity index (χ3v) is 1.97. The van der Waals surface area contributed by atoms with Crippen LogP contribution in [0.5, 0.6) is 0 Å². The van der Waals surface area contributed by atoms with Crippen molar-refractivity contribution in [1.82, 2.24) is 15.3 Å². The summed E-state index contributed by atoms with van der Waals surface area (Å²) in [6.45, 7) is 7.48. The van der Waals surface area contributed by atoms with Crippen molar-refractivity contribution in [1.29, 1.82) is 0 Å². The average molecular weight is 247 g/mol. The largest absolute Gasteiger partial charge is 0.366 e. The second-order valence-electron chi connectivity index (χ2n) is 4.44. The Balaban J connectivity index is 2.40. The van der Waals surface area contributed by atoms with Crippen LogP contribution in [0.15, 0.2) is 6.20 Å². The Morgan fingerprint density at radius 1 is 1.38 bits per heavy atom. The predicted octanol–water partition coefficient (Wildman–Crippen LogP) is 2.07. The molecule has 4 nitrogen and oxygen atoms in total. The Morgan fingerprint density at radius 3 is 2.69 bits per heavy atom. The number of nitrogens with one attached hydrogen (secondary N) is 2. The zero-order valence-electron chi connectivity index (χ0n) is 9.64. The fraction of sp³-hybridized carbons (Fsp3) is 0.600. The van der Waals surface area contributed by atoms with Crippen molar-refractivity contribution in [3.8, 4) is 0 Å². The van der Waals surface area contributed by atoms with Gasteiger partial charge in [0.05, 0.1) is 6.20 Å². The van der Waals surface area contributed by atoms with E-state index in [0.717, 1.165) is 6.20 Å². The second-order valence-corrected chi connectivity index (χ2v) is 4.78. The smallest absolute Gasteiger partial charge is 0.224 e. The molecule has 0 saturated carbocycles. The molecule has 1 heterocycles. The van der Waals surface area contributed by atoms with E-state index >= 15 is 0 Å². The van der Waals surface area contributed by atoms with E-state index in [0.29, 0.717) is 13.1 Å². The maximum atomic E-state index is 13.2. The minimum absolute atomic E-state index is 0.0349. The molecular formula is C10H16ClFN4. The van der Waals surface area contributed by atoms with Gasteiger partial charge in [-0.05, 0) is 32.4 Å². The van der Waals surface area contributed by atoms with Crippen LogP contribution in [0.2, 0.25) is 5.28 Å². The summed E-state index contributed by atoms with van der Waals surface area (Å²) in [6.07, 6.45) is 1.05. The molecular weight excluding hydrogens is 231 g/mol. The quantitative estimate of drug-likeness (QED) is 0.631. The first-order chi connectivity index (χ1) is 7.38. The number of hydrogen-bond donors (Lipinski definition) is 2. The highest BCUT2D eigenvalue weighted by Crippen LogP contribution is 2.11.